The van der Waals surface area contributed by atoms with Gasteiger partial charge in [0.05, 0.1) is 5.92 Å². The van der Waals surface area contributed by atoms with Crippen LogP contribution >= 0.6 is 0 Å². The first kappa shape index (κ1) is 18.5. The molecule has 1 aliphatic rings. The van der Waals surface area contributed by atoms with Gasteiger partial charge in [0.25, 0.3) is 0 Å². The first-order valence-corrected chi connectivity index (χ1v) is 8.48. The van der Waals surface area contributed by atoms with Gasteiger partial charge in [0.1, 0.15) is 0 Å². The van der Waals surface area contributed by atoms with Crippen molar-refractivity contribution in [2.75, 3.05) is 7.05 Å². The van der Waals surface area contributed by atoms with Crippen LogP contribution in [0.15, 0.2) is 0 Å². The summed E-state index contributed by atoms with van der Waals surface area (Å²) in [5, 5.41) is 9.58. The molecule has 0 aliphatic heterocycles. The van der Waals surface area contributed by atoms with Crippen LogP contribution in [0.3, 0.4) is 0 Å². The standard InChI is InChI=1S/C18H35NO2/c1-12(2)10-13(3)19(7)16-11-14(18(4,5)6)8-9-15(16)17(20)21/h12-16H,8-11H2,1-7H3,(H,20,21). The molecule has 0 aromatic heterocycles. The quantitative estimate of drug-likeness (QED) is 0.824. The van der Waals surface area contributed by atoms with Crippen molar-refractivity contribution in [1.29, 1.82) is 0 Å². The number of carboxylic acid groups (broad SMARTS) is 1. The Bertz CT molecular complexity index is 346. The third-order valence-electron chi connectivity index (χ3n) is 5.39. The predicted octanol–water partition coefficient (Wildman–Crippen LogP) is 4.27. The van der Waals surface area contributed by atoms with Crippen molar-refractivity contribution in [3.8, 4) is 0 Å². The lowest BCUT2D eigenvalue weighted by Crippen LogP contribution is -2.50. The summed E-state index contributed by atoms with van der Waals surface area (Å²) in [6.45, 7) is 13.6. The molecule has 0 aromatic carbocycles. The van der Waals surface area contributed by atoms with Gasteiger partial charge in [-0.1, -0.05) is 34.6 Å². The Hall–Kier alpha value is -0.570. The van der Waals surface area contributed by atoms with Gasteiger partial charge in [-0.2, -0.15) is 0 Å². The second kappa shape index (κ2) is 7.13. The Morgan fingerprint density at radius 2 is 1.81 bits per heavy atom. The minimum atomic E-state index is -0.615. The van der Waals surface area contributed by atoms with Crippen LogP contribution < -0.4 is 0 Å². The molecule has 4 unspecified atom stereocenters. The van der Waals surface area contributed by atoms with Gasteiger partial charge in [-0.05, 0) is 56.9 Å². The van der Waals surface area contributed by atoms with Crippen molar-refractivity contribution >= 4 is 5.97 Å². The third kappa shape index (κ3) is 4.98. The van der Waals surface area contributed by atoms with Gasteiger partial charge >= 0.3 is 5.97 Å². The van der Waals surface area contributed by atoms with E-state index >= 15 is 0 Å². The highest BCUT2D eigenvalue weighted by Crippen LogP contribution is 2.42. The smallest absolute Gasteiger partial charge is 0.308 e. The fourth-order valence-electron chi connectivity index (χ4n) is 3.85. The molecular weight excluding hydrogens is 262 g/mol. The van der Waals surface area contributed by atoms with Gasteiger partial charge in [0, 0.05) is 12.1 Å². The minimum absolute atomic E-state index is 0.175. The number of hydrogen-bond acceptors (Lipinski definition) is 2. The van der Waals surface area contributed by atoms with Crippen molar-refractivity contribution in [2.24, 2.45) is 23.2 Å². The summed E-state index contributed by atoms with van der Waals surface area (Å²) >= 11 is 0. The Morgan fingerprint density at radius 3 is 2.24 bits per heavy atom. The summed E-state index contributed by atoms with van der Waals surface area (Å²) < 4.78 is 0. The van der Waals surface area contributed by atoms with Crippen molar-refractivity contribution in [3.63, 3.8) is 0 Å². The molecule has 0 radical (unpaired) electrons. The number of carboxylic acids is 1. The van der Waals surface area contributed by atoms with Crippen LogP contribution in [-0.4, -0.2) is 35.1 Å². The minimum Gasteiger partial charge on any atom is -0.481 e. The lowest BCUT2D eigenvalue weighted by molar-refractivity contribution is -0.147. The molecule has 0 amide bonds. The van der Waals surface area contributed by atoms with Gasteiger partial charge in [-0.25, -0.2) is 0 Å². The van der Waals surface area contributed by atoms with E-state index in [9.17, 15) is 9.90 Å². The van der Waals surface area contributed by atoms with E-state index in [-0.39, 0.29) is 17.4 Å². The fraction of sp³-hybridized carbons (Fsp3) is 0.944. The topological polar surface area (TPSA) is 40.5 Å². The lowest BCUT2D eigenvalue weighted by atomic mass is 9.67. The average Bonchev–Trinajstić information content (AvgIpc) is 2.35. The highest BCUT2D eigenvalue weighted by molar-refractivity contribution is 5.71. The van der Waals surface area contributed by atoms with E-state index in [1.54, 1.807) is 0 Å². The molecule has 1 fully saturated rings. The zero-order chi connectivity index (χ0) is 16.4. The SMILES string of the molecule is CC(C)CC(C)N(C)C1CC(C(C)(C)C)CCC1C(=O)O. The first-order chi connectivity index (χ1) is 9.54. The summed E-state index contributed by atoms with van der Waals surface area (Å²) in [5.41, 5.74) is 0.268. The first-order valence-electron chi connectivity index (χ1n) is 8.48. The molecule has 1 rings (SSSR count). The molecule has 0 bridgehead atoms. The number of hydrogen-bond donors (Lipinski definition) is 1. The molecule has 3 nitrogen and oxygen atoms in total. The monoisotopic (exact) mass is 297 g/mol. The molecule has 0 spiro atoms. The molecular formula is C18H35NO2. The predicted molar refractivity (Wildman–Crippen MR) is 88.4 cm³/mol. The van der Waals surface area contributed by atoms with Crippen LogP contribution in [0, 0.1) is 23.2 Å². The maximum Gasteiger partial charge on any atom is 0.308 e. The lowest BCUT2D eigenvalue weighted by Gasteiger charge is -2.45. The largest absolute Gasteiger partial charge is 0.481 e. The van der Waals surface area contributed by atoms with E-state index in [1.807, 2.05) is 0 Å². The summed E-state index contributed by atoms with van der Waals surface area (Å²) in [4.78, 5) is 14.0. The van der Waals surface area contributed by atoms with Gasteiger partial charge in [0.2, 0.25) is 0 Å². The molecule has 0 aromatic rings. The molecule has 1 saturated carbocycles. The normalized spacial score (nSPS) is 28.9. The second-order valence-electron chi connectivity index (χ2n) is 8.53. The average molecular weight is 297 g/mol. The van der Waals surface area contributed by atoms with Crippen molar-refractivity contribution in [1.82, 2.24) is 4.90 Å². The van der Waals surface area contributed by atoms with E-state index in [2.05, 4.69) is 53.5 Å². The van der Waals surface area contributed by atoms with Crippen molar-refractivity contribution in [3.05, 3.63) is 0 Å². The second-order valence-corrected chi connectivity index (χ2v) is 8.53. The maximum atomic E-state index is 11.6. The van der Waals surface area contributed by atoms with Crippen LogP contribution in [-0.2, 0) is 4.79 Å². The molecule has 0 saturated heterocycles. The number of rotatable bonds is 5. The molecule has 3 heteroatoms. The molecule has 21 heavy (non-hydrogen) atoms. The highest BCUT2D eigenvalue weighted by atomic mass is 16.4. The number of nitrogens with zero attached hydrogens (tertiary/aromatic N) is 1. The molecule has 124 valence electrons. The maximum absolute atomic E-state index is 11.6. The van der Waals surface area contributed by atoms with Gasteiger partial charge in [-0.3, -0.25) is 9.69 Å². The number of carbonyl (C=O) groups is 1. The zero-order valence-electron chi connectivity index (χ0n) is 15.0. The van der Waals surface area contributed by atoms with Crippen molar-refractivity contribution in [2.45, 2.75) is 79.3 Å². The van der Waals surface area contributed by atoms with E-state index in [0.29, 0.717) is 17.9 Å². The molecule has 1 aliphatic carbocycles. The Labute approximate surface area is 131 Å². The third-order valence-corrected chi connectivity index (χ3v) is 5.39. The molecule has 0 heterocycles. The summed E-state index contributed by atoms with van der Waals surface area (Å²) in [5.74, 6) is 0.443. The van der Waals surface area contributed by atoms with Crippen LogP contribution in [0.4, 0.5) is 0 Å². The highest BCUT2D eigenvalue weighted by Gasteiger charge is 2.41. The summed E-state index contributed by atoms with van der Waals surface area (Å²) in [6, 6.07) is 0.616. The Balaban J connectivity index is 2.87. The molecule has 1 N–H and O–H groups in total. The summed E-state index contributed by atoms with van der Waals surface area (Å²) in [6.07, 6.45) is 4.00. The van der Waals surface area contributed by atoms with Crippen LogP contribution in [0.25, 0.3) is 0 Å². The van der Waals surface area contributed by atoms with Crippen LogP contribution in [0.5, 0.6) is 0 Å². The van der Waals surface area contributed by atoms with E-state index < -0.39 is 5.97 Å². The zero-order valence-corrected chi connectivity index (χ0v) is 15.0. The van der Waals surface area contributed by atoms with Gasteiger partial charge in [-0.15, -0.1) is 0 Å². The van der Waals surface area contributed by atoms with Crippen LogP contribution in [0.2, 0.25) is 0 Å². The Kier molecular flexibility index (Phi) is 6.27. The fourth-order valence-corrected chi connectivity index (χ4v) is 3.85. The van der Waals surface area contributed by atoms with E-state index in [0.717, 1.165) is 25.7 Å². The van der Waals surface area contributed by atoms with Gasteiger partial charge < -0.3 is 5.11 Å². The summed E-state index contributed by atoms with van der Waals surface area (Å²) in [7, 11) is 2.12. The van der Waals surface area contributed by atoms with Crippen molar-refractivity contribution < 1.29 is 9.90 Å². The number of aliphatic carboxylic acids is 1. The molecule has 4 atom stereocenters. The van der Waals surface area contributed by atoms with E-state index in [1.165, 1.54) is 0 Å². The van der Waals surface area contributed by atoms with Crippen LogP contribution in [0.1, 0.15) is 67.2 Å². The van der Waals surface area contributed by atoms with E-state index in [4.69, 9.17) is 0 Å². The Morgan fingerprint density at radius 1 is 1.24 bits per heavy atom. The van der Waals surface area contributed by atoms with Gasteiger partial charge in [0.15, 0.2) is 0 Å².